The van der Waals surface area contributed by atoms with E-state index >= 15 is 0 Å². The number of unbranched alkanes of at least 4 members (excludes halogenated alkanes) is 3. The van der Waals surface area contributed by atoms with Crippen LogP contribution in [0.3, 0.4) is 0 Å². The molecule has 0 bridgehead atoms. The molecule has 0 saturated carbocycles. The van der Waals surface area contributed by atoms with Gasteiger partial charge in [-0.15, -0.1) is 0 Å². The lowest BCUT2D eigenvalue weighted by molar-refractivity contribution is -0.135. The summed E-state index contributed by atoms with van der Waals surface area (Å²) in [6, 6.07) is 1.68. The highest BCUT2D eigenvalue weighted by atomic mass is 16.5. The largest absolute Gasteiger partial charge is 0.494 e. The molecule has 1 rings (SSSR count). The van der Waals surface area contributed by atoms with Crippen molar-refractivity contribution < 1.29 is 24.2 Å². The Balaban J connectivity index is 2.54. The van der Waals surface area contributed by atoms with Gasteiger partial charge in [-0.3, -0.25) is 9.59 Å². The zero-order chi connectivity index (χ0) is 17.1. The molecule has 2 N–H and O–H groups in total. The Bertz CT molecular complexity index is 519. The first-order valence-electron chi connectivity index (χ1n) is 7.69. The average Bonchev–Trinajstić information content (AvgIpc) is 2.55. The molecule has 0 fully saturated rings. The molecule has 0 aliphatic heterocycles. The van der Waals surface area contributed by atoms with Gasteiger partial charge in [0.05, 0.1) is 13.7 Å². The molecule has 0 aliphatic carbocycles. The Morgan fingerprint density at radius 3 is 2.74 bits per heavy atom. The maximum absolute atomic E-state index is 11.9. The maximum atomic E-state index is 11.9. The molecule has 0 radical (unpaired) electrons. The van der Waals surface area contributed by atoms with Gasteiger partial charge in [0.2, 0.25) is 0 Å². The van der Waals surface area contributed by atoms with Gasteiger partial charge < -0.3 is 19.9 Å². The van der Waals surface area contributed by atoms with Gasteiger partial charge in [0, 0.05) is 12.8 Å². The van der Waals surface area contributed by atoms with E-state index in [1.54, 1.807) is 6.07 Å². The van der Waals surface area contributed by atoms with Crippen molar-refractivity contribution in [1.29, 1.82) is 0 Å². The lowest BCUT2D eigenvalue weighted by atomic mass is 10.2. The fourth-order valence-corrected chi connectivity index (χ4v) is 1.95. The Hall–Kier alpha value is -2.15. The van der Waals surface area contributed by atoms with Crippen LogP contribution >= 0.6 is 0 Å². The van der Waals surface area contributed by atoms with Crippen LogP contribution in [0.1, 0.15) is 48.7 Å². The highest BCUT2D eigenvalue weighted by molar-refractivity contribution is 5.96. The van der Waals surface area contributed by atoms with Crippen molar-refractivity contribution in [3.63, 3.8) is 0 Å². The van der Waals surface area contributed by atoms with Crippen LogP contribution in [-0.2, 0) is 16.1 Å². The average molecular weight is 324 g/mol. The van der Waals surface area contributed by atoms with E-state index in [0.29, 0.717) is 19.0 Å². The van der Waals surface area contributed by atoms with E-state index in [4.69, 9.17) is 14.6 Å². The topological polar surface area (TPSA) is 97.8 Å². The third-order valence-corrected chi connectivity index (χ3v) is 3.16. The molecule has 0 aromatic carbocycles. The van der Waals surface area contributed by atoms with Gasteiger partial charge in [-0.1, -0.05) is 26.2 Å². The summed E-state index contributed by atoms with van der Waals surface area (Å²) in [7, 11) is 1.43. The van der Waals surface area contributed by atoms with Crippen LogP contribution in [0.2, 0.25) is 0 Å². The Labute approximate surface area is 136 Å². The molecular weight excluding hydrogens is 300 g/mol. The lowest BCUT2D eigenvalue weighted by Crippen LogP contribution is -2.30. The summed E-state index contributed by atoms with van der Waals surface area (Å²) in [5.41, 5.74) is 0.854. The summed E-state index contributed by atoms with van der Waals surface area (Å²) in [6.45, 7) is 2.77. The van der Waals surface area contributed by atoms with Crippen LogP contribution in [0, 0.1) is 0 Å². The quantitative estimate of drug-likeness (QED) is 0.604. The zero-order valence-electron chi connectivity index (χ0n) is 13.6. The molecule has 0 spiro atoms. The molecule has 1 amide bonds. The first kappa shape index (κ1) is 18.9. The minimum Gasteiger partial charge on any atom is -0.494 e. The Morgan fingerprint density at radius 2 is 2.09 bits per heavy atom. The molecule has 1 aromatic heterocycles. The van der Waals surface area contributed by atoms with E-state index in [1.165, 1.54) is 26.1 Å². The number of aromatic nitrogens is 1. The normalized spacial score (nSPS) is 10.3. The second-order valence-corrected chi connectivity index (χ2v) is 5.08. The maximum Gasteiger partial charge on any atom is 0.322 e. The van der Waals surface area contributed by atoms with E-state index in [0.717, 1.165) is 18.4 Å². The summed E-state index contributed by atoms with van der Waals surface area (Å²) >= 11 is 0. The van der Waals surface area contributed by atoms with Gasteiger partial charge in [0.25, 0.3) is 5.91 Å². The molecule has 7 nitrogen and oxygen atoms in total. The molecule has 23 heavy (non-hydrogen) atoms. The van der Waals surface area contributed by atoms with Gasteiger partial charge >= 0.3 is 5.97 Å². The van der Waals surface area contributed by atoms with E-state index in [2.05, 4.69) is 17.2 Å². The molecule has 7 heteroatoms. The second-order valence-electron chi connectivity index (χ2n) is 5.08. The number of amides is 1. The number of hydrogen-bond donors (Lipinski definition) is 2. The third kappa shape index (κ3) is 7.10. The molecule has 0 aliphatic rings. The number of pyridine rings is 1. The standard InChI is InChI=1S/C16H24N2O5/c1-3-4-5-6-7-23-11-12-8-13(22-2)15(17-9-12)16(21)18-10-14(19)20/h8-9H,3-7,10-11H2,1-2H3,(H,18,21)(H,19,20). The van der Waals surface area contributed by atoms with Crippen LogP contribution < -0.4 is 10.1 Å². The number of carbonyl (C=O) groups is 2. The SMILES string of the molecule is CCCCCCOCc1cnc(C(=O)NCC(=O)O)c(OC)c1. The van der Waals surface area contributed by atoms with E-state index in [-0.39, 0.29) is 5.69 Å². The van der Waals surface area contributed by atoms with Crippen molar-refractivity contribution in [1.82, 2.24) is 10.3 Å². The smallest absolute Gasteiger partial charge is 0.322 e. The minimum absolute atomic E-state index is 0.0560. The highest BCUT2D eigenvalue weighted by Gasteiger charge is 2.15. The Morgan fingerprint density at radius 1 is 1.30 bits per heavy atom. The van der Waals surface area contributed by atoms with Gasteiger partial charge in [-0.25, -0.2) is 4.98 Å². The van der Waals surface area contributed by atoms with Gasteiger partial charge in [-0.2, -0.15) is 0 Å². The number of aliphatic carboxylic acids is 1. The van der Waals surface area contributed by atoms with Crippen LogP contribution in [0.15, 0.2) is 12.3 Å². The summed E-state index contributed by atoms with van der Waals surface area (Å²) in [5, 5.41) is 10.8. The lowest BCUT2D eigenvalue weighted by Gasteiger charge is -2.10. The number of rotatable bonds is 11. The summed E-state index contributed by atoms with van der Waals surface area (Å²) in [5.74, 6) is -1.42. The van der Waals surface area contributed by atoms with E-state index in [9.17, 15) is 9.59 Å². The zero-order valence-corrected chi connectivity index (χ0v) is 13.6. The molecule has 1 aromatic rings. The number of methoxy groups -OCH3 is 1. The second kappa shape index (κ2) is 10.6. The summed E-state index contributed by atoms with van der Waals surface area (Å²) in [6.07, 6.45) is 6.10. The van der Waals surface area contributed by atoms with Crippen molar-refractivity contribution in [2.45, 2.75) is 39.2 Å². The van der Waals surface area contributed by atoms with Gasteiger partial charge in [0.15, 0.2) is 11.4 Å². The van der Waals surface area contributed by atoms with Gasteiger partial charge in [0.1, 0.15) is 6.54 Å². The van der Waals surface area contributed by atoms with E-state index < -0.39 is 18.4 Å². The first-order chi connectivity index (χ1) is 11.1. The number of carbonyl (C=O) groups excluding carboxylic acids is 1. The number of nitrogens with zero attached hydrogens (tertiary/aromatic N) is 1. The molecule has 0 saturated heterocycles. The number of hydrogen-bond acceptors (Lipinski definition) is 5. The van der Waals surface area contributed by atoms with Crippen LogP contribution in [-0.4, -0.2) is 42.2 Å². The predicted octanol–water partition coefficient (Wildman–Crippen LogP) is 2.00. The first-order valence-corrected chi connectivity index (χ1v) is 7.69. The van der Waals surface area contributed by atoms with Crippen molar-refractivity contribution in [2.24, 2.45) is 0 Å². The van der Waals surface area contributed by atoms with Crippen LogP contribution in [0.4, 0.5) is 0 Å². The monoisotopic (exact) mass is 324 g/mol. The summed E-state index contributed by atoms with van der Waals surface area (Å²) in [4.78, 5) is 26.4. The molecule has 1 heterocycles. The highest BCUT2D eigenvalue weighted by Crippen LogP contribution is 2.18. The fraction of sp³-hybridized carbons (Fsp3) is 0.562. The number of carboxylic acids is 1. The van der Waals surface area contributed by atoms with Crippen molar-refractivity contribution in [3.05, 3.63) is 23.5 Å². The van der Waals surface area contributed by atoms with Crippen LogP contribution in [0.5, 0.6) is 5.75 Å². The van der Waals surface area contributed by atoms with Crippen LogP contribution in [0.25, 0.3) is 0 Å². The van der Waals surface area contributed by atoms with E-state index in [1.807, 2.05) is 0 Å². The molecule has 0 unspecified atom stereocenters. The van der Waals surface area contributed by atoms with Gasteiger partial charge in [-0.05, 0) is 18.1 Å². The Kier molecular flexibility index (Phi) is 8.67. The fourth-order valence-electron chi connectivity index (χ4n) is 1.95. The van der Waals surface area contributed by atoms with Crippen molar-refractivity contribution in [3.8, 4) is 5.75 Å². The molecular formula is C16H24N2O5. The van der Waals surface area contributed by atoms with Crippen molar-refractivity contribution in [2.75, 3.05) is 20.3 Å². The summed E-state index contributed by atoms with van der Waals surface area (Å²) < 4.78 is 10.7. The number of ether oxygens (including phenoxy) is 2. The third-order valence-electron chi connectivity index (χ3n) is 3.16. The number of nitrogens with one attached hydrogen (secondary N) is 1. The predicted molar refractivity (Wildman–Crippen MR) is 84.6 cm³/mol. The molecule has 0 atom stereocenters. The number of carboxylic acid groups (broad SMARTS) is 1. The molecule has 128 valence electrons. The van der Waals surface area contributed by atoms with Crippen molar-refractivity contribution >= 4 is 11.9 Å². The minimum atomic E-state index is -1.12.